The van der Waals surface area contributed by atoms with Crippen LogP contribution in [0.4, 0.5) is 0 Å². The van der Waals surface area contributed by atoms with Gasteiger partial charge in [0.25, 0.3) is 0 Å². The van der Waals surface area contributed by atoms with Gasteiger partial charge in [-0.3, -0.25) is 0 Å². The summed E-state index contributed by atoms with van der Waals surface area (Å²) in [6.07, 6.45) is 8.07. The van der Waals surface area contributed by atoms with E-state index in [1.807, 2.05) is 12.3 Å². The molecular weight excluding hydrogens is 190 g/mol. The van der Waals surface area contributed by atoms with Gasteiger partial charge >= 0.3 is 0 Å². The molecule has 1 heterocycles. The van der Waals surface area contributed by atoms with Crippen LogP contribution in [0.5, 0.6) is 0 Å². The highest BCUT2D eigenvalue weighted by Crippen LogP contribution is 2.24. The van der Waals surface area contributed by atoms with Crippen LogP contribution in [-0.2, 0) is 9.47 Å². The van der Waals surface area contributed by atoms with Crippen LogP contribution in [-0.4, -0.2) is 38.8 Å². The lowest BCUT2D eigenvalue weighted by molar-refractivity contribution is 0.175. The van der Waals surface area contributed by atoms with E-state index < -0.39 is 0 Å². The van der Waals surface area contributed by atoms with Crippen molar-refractivity contribution in [1.82, 2.24) is 4.90 Å². The minimum atomic E-state index is 0.384. The summed E-state index contributed by atoms with van der Waals surface area (Å²) >= 11 is 0. The highest BCUT2D eigenvalue weighted by atomic mass is 16.5. The van der Waals surface area contributed by atoms with Crippen molar-refractivity contribution in [2.45, 2.75) is 0 Å². The Morgan fingerprint density at radius 2 is 2.33 bits per heavy atom. The van der Waals surface area contributed by atoms with Gasteiger partial charge in [-0.2, -0.15) is 0 Å². The zero-order valence-corrected chi connectivity index (χ0v) is 9.27. The van der Waals surface area contributed by atoms with Crippen LogP contribution < -0.4 is 0 Å². The van der Waals surface area contributed by atoms with Crippen LogP contribution in [0.15, 0.2) is 35.8 Å². The molecule has 3 nitrogen and oxygen atoms in total. The number of ether oxygens (including phenoxy) is 2. The summed E-state index contributed by atoms with van der Waals surface area (Å²) < 4.78 is 10.7. The fourth-order valence-electron chi connectivity index (χ4n) is 1.86. The number of methoxy groups -OCH3 is 1. The topological polar surface area (TPSA) is 21.7 Å². The number of allylic oxidation sites excluding steroid dienone is 2. The lowest BCUT2D eigenvalue weighted by Gasteiger charge is -2.27. The van der Waals surface area contributed by atoms with Gasteiger partial charge in [-0.05, 0) is 24.8 Å². The molecule has 0 N–H and O–H groups in total. The molecule has 0 spiro atoms. The third-order valence-electron chi connectivity index (χ3n) is 2.79. The molecule has 15 heavy (non-hydrogen) atoms. The number of likely N-dealkylation sites (N-methyl/N-ethyl adjacent to an activating group) is 1. The Hall–Kier alpha value is -1.22. The Labute approximate surface area is 90.7 Å². The van der Waals surface area contributed by atoms with E-state index in [1.54, 1.807) is 7.11 Å². The number of nitrogens with zero attached hydrogens (tertiary/aromatic N) is 1. The highest BCUT2D eigenvalue weighted by molar-refractivity contribution is 5.35. The van der Waals surface area contributed by atoms with E-state index in [4.69, 9.17) is 9.47 Å². The molecule has 0 fully saturated rings. The molecule has 0 radical (unpaired) electrons. The summed E-state index contributed by atoms with van der Waals surface area (Å²) in [6.45, 7) is 2.76. The second-order valence-corrected chi connectivity index (χ2v) is 3.96. The van der Waals surface area contributed by atoms with Gasteiger partial charge in [-0.1, -0.05) is 6.08 Å². The summed E-state index contributed by atoms with van der Waals surface area (Å²) in [4.78, 5) is 2.28. The van der Waals surface area contributed by atoms with Gasteiger partial charge in [-0.25, -0.2) is 0 Å². The molecule has 1 atom stereocenters. The van der Waals surface area contributed by atoms with Gasteiger partial charge in [-0.15, -0.1) is 0 Å². The monoisotopic (exact) mass is 207 g/mol. The van der Waals surface area contributed by atoms with Crippen molar-refractivity contribution in [3.05, 3.63) is 35.8 Å². The zero-order valence-electron chi connectivity index (χ0n) is 9.27. The van der Waals surface area contributed by atoms with Crippen LogP contribution in [0.1, 0.15) is 0 Å². The number of rotatable bonds is 1. The maximum atomic E-state index is 5.46. The largest absolute Gasteiger partial charge is 0.500 e. The predicted octanol–water partition coefficient (Wildman–Crippen LogP) is 1.55. The smallest absolute Gasteiger partial charge is 0.115 e. The van der Waals surface area contributed by atoms with Crippen LogP contribution in [0.25, 0.3) is 0 Å². The van der Waals surface area contributed by atoms with Crippen LogP contribution >= 0.6 is 0 Å². The standard InChI is InChI=1S/C12H17NO2/c1-13-5-6-15-9-10-3-4-12(14-2)7-11(10)8-13/h3-4,7,9,11H,5-6,8H2,1-2H3/b10-9-. The van der Waals surface area contributed by atoms with E-state index >= 15 is 0 Å². The van der Waals surface area contributed by atoms with Crippen molar-refractivity contribution in [3.63, 3.8) is 0 Å². The van der Waals surface area contributed by atoms with Crippen molar-refractivity contribution < 1.29 is 9.47 Å². The van der Waals surface area contributed by atoms with Gasteiger partial charge in [0.2, 0.25) is 0 Å². The fraction of sp³-hybridized carbons (Fsp3) is 0.500. The number of hydrogen-bond acceptors (Lipinski definition) is 3. The Morgan fingerprint density at radius 3 is 3.13 bits per heavy atom. The van der Waals surface area contributed by atoms with Gasteiger partial charge in [0.15, 0.2) is 0 Å². The molecule has 1 aliphatic carbocycles. The third kappa shape index (κ3) is 2.42. The van der Waals surface area contributed by atoms with E-state index in [-0.39, 0.29) is 0 Å². The van der Waals surface area contributed by atoms with Gasteiger partial charge in [0.1, 0.15) is 5.76 Å². The molecule has 1 aliphatic heterocycles. The van der Waals surface area contributed by atoms with Crippen LogP contribution in [0.2, 0.25) is 0 Å². The summed E-state index contributed by atoms with van der Waals surface area (Å²) in [5, 5.41) is 0. The van der Waals surface area contributed by atoms with E-state index in [0.717, 1.165) is 25.5 Å². The summed E-state index contributed by atoms with van der Waals surface area (Å²) in [6, 6.07) is 0. The van der Waals surface area contributed by atoms with Crippen LogP contribution in [0, 0.1) is 5.92 Å². The molecule has 0 aromatic carbocycles. The van der Waals surface area contributed by atoms with Crippen LogP contribution in [0.3, 0.4) is 0 Å². The Morgan fingerprint density at radius 1 is 1.47 bits per heavy atom. The van der Waals surface area contributed by atoms with Crippen molar-refractivity contribution in [3.8, 4) is 0 Å². The molecule has 1 unspecified atom stereocenters. The molecule has 0 saturated heterocycles. The Bertz CT molecular complexity index is 318. The van der Waals surface area contributed by atoms with E-state index in [9.17, 15) is 0 Å². The van der Waals surface area contributed by atoms with Crippen molar-refractivity contribution in [2.75, 3.05) is 33.9 Å². The molecular formula is C12H17NO2. The van der Waals surface area contributed by atoms with Gasteiger partial charge in [0.05, 0.1) is 20.0 Å². The normalized spacial score (nSPS) is 30.1. The van der Waals surface area contributed by atoms with E-state index in [1.165, 1.54) is 5.57 Å². The Balaban J connectivity index is 2.19. The molecule has 0 aromatic rings. The predicted molar refractivity (Wildman–Crippen MR) is 59.3 cm³/mol. The van der Waals surface area contributed by atoms with E-state index in [2.05, 4.69) is 24.1 Å². The molecule has 0 aromatic heterocycles. The SMILES string of the molecule is COC1=CC2CN(C)CCO/C=C\2C=C1. The number of hydrogen-bond donors (Lipinski definition) is 0. The average molecular weight is 207 g/mol. The molecule has 82 valence electrons. The molecule has 2 aliphatic rings. The van der Waals surface area contributed by atoms with Crippen molar-refractivity contribution in [2.24, 2.45) is 5.92 Å². The summed E-state index contributed by atoms with van der Waals surface area (Å²) in [5.74, 6) is 1.32. The molecule has 2 rings (SSSR count). The first-order chi connectivity index (χ1) is 7.29. The maximum Gasteiger partial charge on any atom is 0.115 e. The van der Waals surface area contributed by atoms with Crippen molar-refractivity contribution in [1.29, 1.82) is 0 Å². The first kappa shape index (κ1) is 10.3. The van der Waals surface area contributed by atoms with Crippen molar-refractivity contribution >= 4 is 0 Å². The fourth-order valence-corrected chi connectivity index (χ4v) is 1.86. The summed E-state index contributed by atoms with van der Waals surface area (Å²) in [7, 11) is 3.82. The number of fused-ring (bicyclic) bond motifs is 1. The second-order valence-electron chi connectivity index (χ2n) is 3.96. The molecule has 0 bridgehead atoms. The quantitative estimate of drug-likeness (QED) is 0.651. The lowest BCUT2D eigenvalue weighted by Crippen LogP contribution is -2.31. The summed E-state index contributed by atoms with van der Waals surface area (Å²) in [5.41, 5.74) is 1.22. The second kappa shape index (κ2) is 4.53. The van der Waals surface area contributed by atoms with E-state index in [0.29, 0.717) is 5.92 Å². The molecule has 0 saturated carbocycles. The first-order valence-electron chi connectivity index (χ1n) is 5.23. The Kier molecular flexibility index (Phi) is 3.11. The average Bonchev–Trinajstić information content (AvgIpc) is 2.22. The van der Waals surface area contributed by atoms with Gasteiger partial charge < -0.3 is 14.4 Å². The van der Waals surface area contributed by atoms with Gasteiger partial charge in [0, 0.05) is 19.0 Å². The molecule has 3 heteroatoms. The minimum absolute atomic E-state index is 0.384. The highest BCUT2D eigenvalue weighted by Gasteiger charge is 2.19. The third-order valence-corrected chi connectivity index (χ3v) is 2.79. The maximum absolute atomic E-state index is 5.46. The zero-order chi connectivity index (χ0) is 10.7. The molecule has 0 amide bonds. The minimum Gasteiger partial charge on any atom is -0.500 e. The lowest BCUT2D eigenvalue weighted by atomic mass is 9.94. The first-order valence-corrected chi connectivity index (χ1v) is 5.23.